The van der Waals surface area contributed by atoms with Crippen molar-refractivity contribution in [3.8, 4) is 23.0 Å². The summed E-state index contributed by atoms with van der Waals surface area (Å²) in [5.41, 5.74) is 1.57. The molecule has 424 valence electrons. The number of carbonyl (C=O) groups is 2. The number of phenols is 2. The van der Waals surface area contributed by atoms with Crippen LogP contribution in [0.25, 0.3) is 0 Å². The highest BCUT2D eigenvalue weighted by atomic mass is 16.6. The molecule has 77 heavy (non-hydrogen) atoms. The molecule has 14 atom stereocenters. The number of hydrogen-bond donors (Lipinski definition) is 4. The highest BCUT2D eigenvalue weighted by Gasteiger charge is 2.84. The van der Waals surface area contributed by atoms with Gasteiger partial charge in [0.2, 0.25) is 0 Å². The Morgan fingerprint density at radius 2 is 0.987 bits per heavy atom. The summed E-state index contributed by atoms with van der Waals surface area (Å²) in [7, 11) is 3.66. The molecule has 0 radical (unpaired) electrons. The molecule has 4 aliphatic heterocycles. The number of carboxylic acid groups (broad SMARTS) is 2. The fourth-order valence-electron chi connectivity index (χ4n) is 19.5. The molecule has 4 heterocycles. The van der Waals surface area contributed by atoms with Gasteiger partial charge in [-0.3, -0.25) is 9.80 Å². The van der Waals surface area contributed by atoms with Crippen LogP contribution >= 0.6 is 0 Å². The topological polar surface area (TPSA) is 205 Å². The van der Waals surface area contributed by atoms with E-state index in [0.717, 1.165) is 89.1 Å². The Labute approximate surface area is 456 Å². The van der Waals surface area contributed by atoms with Gasteiger partial charge in [-0.05, 0) is 182 Å². The van der Waals surface area contributed by atoms with Crippen LogP contribution in [0.2, 0.25) is 0 Å². The molecular formula is C63H88N2O12-2. The lowest BCUT2D eigenvalue weighted by molar-refractivity contribution is -0.312. The maximum absolute atomic E-state index is 12.2. The molecule has 0 amide bonds. The van der Waals surface area contributed by atoms with Crippen molar-refractivity contribution in [2.75, 3.05) is 40.4 Å². The third kappa shape index (κ3) is 7.11. The highest BCUT2D eigenvalue weighted by molar-refractivity contribution is 5.68. The summed E-state index contributed by atoms with van der Waals surface area (Å²) < 4.78 is 26.9. The first kappa shape index (κ1) is 54.0. The average molecular weight is 1070 g/mol. The van der Waals surface area contributed by atoms with Gasteiger partial charge in [0.15, 0.2) is 23.0 Å². The number of nitrogens with zero attached hydrogens (tertiary/aromatic N) is 2. The second kappa shape index (κ2) is 17.4. The van der Waals surface area contributed by atoms with Crippen LogP contribution in [-0.4, -0.2) is 129 Å². The number of methoxy groups -OCH3 is 2. The minimum atomic E-state index is -1.23. The van der Waals surface area contributed by atoms with Gasteiger partial charge in [0.05, 0.1) is 11.2 Å². The standard InChI is InChI=1S/2C29H41NO4.C5H8O4/c2*1-25(2,3)26(4,32)20-15-27-10-11-29(20,33-5)24-28(27)12-13-30(16-17-6-7-17)21(27)14-18-8-9-19(31)23(34-24)22(18)28;6-4(7)2-1-3-5(8)9/h2*8-9,17,20-21,24,31-32H,6-7,10-16H2,1-5H3;1-3H2,(H,6,7)(H,8,9)/p-2/t2*20-,21-,24-,26+,27-,28+,29-;/m11./s1. The number of aliphatic carboxylic acids is 2. The summed E-state index contributed by atoms with van der Waals surface area (Å²) >= 11 is 0. The summed E-state index contributed by atoms with van der Waals surface area (Å²) in [5.74, 6) is 1.15. The molecule has 14 heteroatoms. The zero-order chi connectivity index (χ0) is 55.1. The lowest BCUT2D eigenvalue weighted by Crippen LogP contribution is -2.83. The predicted octanol–water partition coefficient (Wildman–Crippen LogP) is 6.48. The summed E-state index contributed by atoms with van der Waals surface area (Å²) in [4.78, 5) is 25.0. The van der Waals surface area contributed by atoms with E-state index < -0.39 is 34.3 Å². The predicted molar refractivity (Wildman–Crippen MR) is 284 cm³/mol. The number of fused-ring (bicyclic) bond motifs is 4. The molecule has 10 fully saturated rings. The summed E-state index contributed by atoms with van der Waals surface area (Å²) in [6.07, 6.45) is 14.9. The highest BCUT2D eigenvalue weighted by Crippen LogP contribution is 2.80. The van der Waals surface area contributed by atoms with E-state index in [2.05, 4.69) is 63.5 Å². The first-order chi connectivity index (χ1) is 36.2. The van der Waals surface area contributed by atoms with Crippen LogP contribution in [-0.2, 0) is 42.7 Å². The van der Waals surface area contributed by atoms with E-state index in [1.54, 1.807) is 0 Å². The Bertz CT molecular complexity index is 2540. The Morgan fingerprint density at radius 1 is 0.610 bits per heavy atom. The fraction of sp³-hybridized carbons (Fsp3) is 0.778. The van der Waals surface area contributed by atoms with Gasteiger partial charge in [-0.2, -0.15) is 0 Å². The molecule has 8 saturated carbocycles. The summed E-state index contributed by atoms with van der Waals surface area (Å²) in [6.45, 7) is 21.6. The Hall–Kier alpha value is -3.66. The minimum Gasteiger partial charge on any atom is -0.550 e. The molecule has 0 aromatic heterocycles. The normalized spacial score (nSPS) is 39.8. The van der Waals surface area contributed by atoms with Gasteiger partial charge in [-0.1, -0.05) is 53.7 Å². The summed E-state index contributed by atoms with van der Waals surface area (Å²) in [6, 6.07) is 8.92. The molecule has 2 aromatic carbocycles. The molecule has 4 N–H and O–H groups in total. The van der Waals surface area contributed by atoms with Gasteiger partial charge in [-0.15, -0.1) is 0 Å². The van der Waals surface area contributed by atoms with Crippen LogP contribution in [0, 0.1) is 45.3 Å². The van der Waals surface area contributed by atoms with Gasteiger partial charge in [-0.25, -0.2) is 0 Å². The maximum Gasteiger partial charge on any atom is 0.165 e. The third-order valence-corrected chi connectivity index (χ3v) is 24.5. The number of carbonyl (C=O) groups excluding carboxylic acids is 2. The van der Waals surface area contributed by atoms with Crippen molar-refractivity contribution in [1.82, 2.24) is 9.80 Å². The smallest absolute Gasteiger partial charge is 0.165 e. The number of rotatable bonds is 12. The van der Waals surface area contributed by atoms with E-state index in [1.807, 2.05) is 40.2 Å². The van der Waals surface area contributed by atoms with Crippen molar-refractivity contribution in [3.05, 3.63) is 46.5 Å². The summed E-state index contributed by atoms with van der Waals surface area (Å²) in [5, 5.41) is 65.6. The number of phenolic OH excluding ortho intramolecular Hbond substituents is 2. The van der Waals surface area contributed by atoms with Crippen LogP contribution in [0.4, 0.5) is 0 Å². The van der Waals surface area contributed by atoms with Crippen molar-refractivity contribution < 1.29 is 59.2 Å². The number of benzene rings is 2. The van der Waals surface area contributed by atoms with E-state index in [0.29, 0.717) is 23.6 Å². The zero-order valence-electron chi connectivity index (χ0n) is 47.7. The fourth-order valence-corrected chi connectivity index (χ4v) is 19.5. The molecule has 14 nitrogen and oxygen atoms in total. The molecule has 8 bridgehead atoms. The quantitative estimate of drug-likeness (QED) is 0.180. The van der Waals surface area contributed by atoms with Crippen molar-refractivity contribution in [3.63, 3.8) is 0 Å². The van der Waals surface area contributed by atoms with E-state index in [-0.39, 0.29) is 87.3 Å². The van der Waals surface area contributed by atoms with Crippen LogP contribution in [0.15, 0.2) is 24.3 Å². The van der Waals surface area contributed by atoms with Crippen molar-refractivity contribution >= 4 is 11.9 Å². The van der Waals surface area contributed by atoms with Gasteiger partial charge < -0.3 is 59.2 Å². The number of aliphatic hydroxyl groups is 2. The van der Waals surface area contributed by atoms with Gasteiger partial charge in [0, 0.05) is 96.0 Å². The number of hydrogen-bond acceptors (Lipinski definition) is 14. The average Bonchev–Trinajstić information content (AvgIpc) is 4.10. The van der Waals surface area contributed by atoms with Gasteiger partial charge >= 0.3 is 0 Å². The SMILES string of the molecule is CO[C@]12CC[C@@]3(C[C@@H]1[C@](C)(O)C(C)(C)C)[C@H]1Cc4ccc(O)c5c4[C@@]3(CCN1CC1CC1)[C@H]2O5.CO[C@]12CC[C@@]3(C[C@@H]1[C@](C)(O)C(C)(C)C)[C@H]1Cc4ccc(O)c5c4[C@@]3(CCN1CC1CC1)[C@H]2O5.O=C([O-])CCCC(=O)[O-]. The van der Waals surface area contributed by atoms with E-state index in [4.69, 9.17) is 18.9 Å². The molecule has 2 aromatic rings. The van der Waals surface area contributed by atoms with Crippen LogP contribution in [0.1, 0.15) is 174 Å². The number of likely N-dealkylation sites (tertiary alicyclic amines) is 2. The monoisotopic (exact) mass is 1060 g/mol. The van der Waals surface area contributed by atoms with Crippen LogP contribution < -0.4 is 19.7 Å². The van der Waals surface area contributed by atoms with E-state index in [9.17, 15) is 40.2 Å². The molecule has 0 unspecified atom stereocenters. The number of ether oxygens (including phenoxy) is 4. The molecule has 4 spiro atoms. The largest absolute Gasteiger partial charge is 0.550 e. The number of piperidine rings is 2. The second-order valence-electron chi connectivity index (χ2n) is 29.2. The number of aromatic hydroxyl groups is 2. The number of carboxylic acids is 2. The first-order valence-electron chi connectivity index (χ1n) is 29.6. The minimum absolute atomic E-state index is 0.0294. The van der Waals surface area contributed by atoms with Gasteiger partial charge in [0.25, 0.3) is 0 Å². The van der Waals surface area contributed by atoms with E-state index >= 15 is 0 Å². The third-order valence-electron chi connectivity index (χ3n) is 24.5. The van der Waals surface area contributed by atoms with Crippen molar-refractivity contribution in [2.45, 2.75) is 222 Å². The second-order valence-corrected chi connectivity index (χ2v) is 29.2. The van der Waals surface area contributed by atoms with Crippen LogP contribution in [0.3, 0.4) is 0 Å². The molecular weight excluding hydrogens is 977 g/mol. The van der Waals surface area contributed by atoms with E-state index in [1.165, 1.54) is 61.0 Å². The van der Waals surface area contributed by atoms with Crippen molar-refractivity contribution in [2.24, 2.45) is 45.3 Å². The first-order valence-corrected chi connectivity index (χ1v) is 29.6. The lowest BCUT2D eigenvalue weighted by Gasteiger charge is -2.75. The lowest BCUT2D eigenvalue weighted by atomic mass is 9.33. The molecule has 14 aliphatic rings. The van der Waals surface area contributed by atoms with Gasteiger partial charge in [0.1, 0.15) is 23.4 Å². The maximum atomic E-state index is 12.2. The molecule has 10 aliphatic carbocycles. The molecule has 2 saturated heterocycles. The zero-order valence-corrected chi connectivity index (χ0v) is 47.7. The Balaban J connectivity index is 0.000000134. The Morgan fingerprint density at radius 3 is 1.31 bits per heavy atom. The molecule has 16 rings (SSSR count). The van der Waals surface area contributed by atoms with Crippen LogP contribution in [0.5, 0.6) is 23.0 Å². The van der Waals surface area contributed by atoms with Crippen molar-refractivity contribution in [1.29, 1.82) is 0 Å². The Kier molecular flexibility index (Phi) is 12.2.